The van der Waals surface area contributed by atoms with Gasteiger partial charge in [0.15, 0.2) is 0 Å². The highest BCUT2D eigenvalue weighted by Gasteiger charge is 2.20. The molecule has 0 saturated carbocycles. The van der Waals surface area contributed by atoms with Gasteiger partial charge < -0.3 is 9.47 Å². The zero-order chi connectivity index (χ0) is 8.74. The highest BCUT2D eigenvalue weighted by molar-refractivity contribution is 5.36. The van der Waals surface area contributed by atoms with Gasteiger partial charge in [-0.25, -0.2) is 0 Å². The Kier molecular flexibility index (Phi) is 4.69. The molecule has 0 rings (SSSR count). The molecular formula is C6H10F2O3. The maximum atomic E-state index is 11.9. The molecular weight excluding hydrogens is 158 g/mol. The Morgan fingerprint density at radius 3 is 2.55 bits per heavy atom. The van der Waals surface area contributed by atoms with Crippen molar-refractivity contribution in [2.24, 2.45) is 0 Å². The van der Waals surface area contributed by atoms with E-state index >= 15 is 0 Å². The van der Waals surface area contributed by atoms with Crippen molar-refractivity contribution in [3.63, 3.8) is 0 Å². The lowest BCUT2D eigenvalue weighted by atomic mass is 10.5. The minimum Gasteiger partial charge on any atom is -0.468 e. The molecule has 0 unspecified atom stereocenters. The summed E-state index contributed by atoms with van der Waals surface area (Å²) in [5.41, 5.74) is 0. The number of carbonyl (C=O) groups is 1. The molecule has 0 radical (unpaired) electrons. The van der Waals surface area contributed by atoms with Gasteiger partial charge in [-0.3, -0.25) is 4.79 Å². The van der Waals surface area contributed by atoms with E-state index in [0.29, 0.717) is 6.92 Å². The zero-order valence-electron chi connectivity index (χ0n) is 6.18. The van der Waals surface area contributed by atoms with Crippen LogP contribution in [0.1, 0.15) is 13.3 Å². The Morgan fingerprint density at radius 1 is 1.45 bits per heavy atom. The lowest BCUT2D eigenvalue weighted by Gasteiger charge is -2.10. The number of hydrogen-bond acceptors (Lipinski definition) is 3. The van der Waals surface area contributed by atoms with E-state index in [9.17, 15) is 13.6 Å². The van der Waals surface area contributed by atoms with E-state index in [4.69, 9.17) is 0 Å². The van der Waals surface area contributed by atoms with Crippen LogP contribution < -0.4 is 0 Å². The highest BCUT2D eigenvalue weighted by atomic mass is 19.3. The molecule has 0 aliphatic carbocycles. The molecule has 0 aromatic carbocycles. The largest absolute Gasteiger partial charge is 0.468 e. The Hall–Kier alpha value is -0.710. The summed E-state index contributed by atoms with van der Waals surface area (Å²) in [6.07, 6.45) is -2.82. The van der Waals surface area contributed by atoms with Crippen molar-refractivity contribution in [3.05, 3.63) is 0 Å². The normalized spacial score (nSPS) is 11.2. The Balaban J connectivity index is 3.08. The monoisotopic (exact) mass is 168 g/mol. The predicted molar refractivity (Wildman–Crippen MR) is 33.2 cm³/mol. The smallest absolute Gasteiger partial charge is 0.352 e. The molecule has 0 aliphatic rings. The van der Waals surface area contributed by atoms with E-state index in [1.165, 1.54) is 0 Å². The number of hydrogen-bond donors (Lipinski definition) is 0. The molecule has 0 atom stereocenters. The fourth-order valence-corrected chi connectivity index (χ4v) is 0.442. The van der Waals surface area contributed by atoms with Gasteiger partial charge in [0.2, 0.25) is 0 Å². The van der Waals surface area contributed by atoms with Crippen LogP contribution in [0.15, 0.2) is 0 Å². The molecule has 0 spiro atoms. The number of carbonyl (C=O) groups excluding carboxylic acids is 1. The van der Waals surface area contributed by atoms with Crippen LogP contribution in [0.3, 0.4) is 0 Å². The van der Waals surface area contributed by atoms with Crippen LogP contribution in [0.4, 0.5) is 8.78 Å². The first-order chi connectivity index (χ1) is 5.06. The van der Waals surface area contributed by atoms with Gasteiger partial charge in [-0.2, -0.15) is 8.78 Å². The second-order valence-electron chi connectivity index (χ2n) is 1.98. The summed E-state index contributed by atoms with van der Waals surface area (Å²) in [6.45, 7) is 0.925. The summed E-state index contributed by atoms with van der Waals surface area (Å²) in [4.78, 5) is 9.55. The van der Waals surface area contributed by atoms with Gasteiger partial charge in [0.1, 0.15) is 0 Å². The van der Waals surface area contributed by atoms with Gasteiger partial charge in [-0.15, -0.1) is 0 Å². The molecule has 0 amide bonds. The summed E-state index contributed by atoms with van der Waals surface area (Å²) in [5, 5.41) is 0. The van der Waals surface area contributed by atoms with Crippen LogP contribution in [0.25, 0.3) is 0 Å². The van der Waals surface area contributed by atoms with Crippen LogP contribution in [0.2, 0.25) is 0 Å². The van der Waals surface area contributed by atoms with Crippen LogP contribution in [-0.4, -0.2) is 25.8 Å². The number of rotatable bonds is 6. The van der Waals surface area contributed by atoms with Gasteiger partial charge in [-0.1, -0.05) is 0 Å². The molecule has 5 heteroatoms. The van der Waals surface area contributed by atoms with Gasteiger partial charge in [0.25, 0.3) is 6.47 Å². The highest BCUT2D eigenvalue weighted by Crippen LogP contribution is 2.12. The average Bonchev–Trinajstić information content (AvgIpc) is 1.85. The van der Waals surface area contributed by atoms with Crippen LogP contribution in [0, 0.1) is 0 Å². The summed E-state index contributed by atoms with van der Waals surface area (Å²) in [6, 6.07) is 0. The number of ether oxygens (including phenoxy) is 2. The quantitative estimate of drug-likeness (QED) is 0.441. The molecule has 3 nitrogen and oxygen atoms in total. The summed E-state index contributed by atoms with van der Waals surface area (Å²) in [7, 11) is 0. The van der Waals surface area contributed by atoms with E-state index in [2.05, 4.69) is 9.47 Å². The molecule has 0 aromatic heterocycles. The second-order valence-corrected chi connectivity index (χ2v) is 1.98. The van der Waals surface area contributed by atoms with Crippen LogP contribution in [0.5, 0.6) is 0 Å². The van der Waals surface area contributed by atoms with Gasteiger partial charge in [0.05, 0.1) is 13.2 Å². The number of halogens is 2. The van der Waals surface area contributed by atoms with E-state index in [0.717, 1.165) is 0 Å². The van der Waals surface area contributed by atoms with Gasteiger partial charge in [0, 0.05) is 13.3 Å². The third-order valence-corrected chi connectivity index (χ3v) is 0.830. The first-order valence-corrected chi connectivity index (χ1v) is 3.13. The topological polar surface area (TPSA) is 35.5 Å². The lowest BCUT2D eigenvalue weighted by molar-refractivity contribution is -0.225. The summed E-state index contributed by atoms with van der Waals surface area (Å²) < 4.78 is 32.1. The van der Waals surface area contributed by atoms with Crippen molar-refractivity contribution in [2.45, 2.75) is 19.5 Å². The fourth-order valence-electron chi connectivity index (χ4n) is 0.442. The Labute approximate surface area is 63.3 Å². The zero-order valence-corrected chi connectivity index (χ0v) is 6.18. The average molecular weight is 168 g/mol. The lowest BCUT2D eigenvalue weighted by Crippen LogP contribution is -2.16. The molecule has 11 heavy (non-hydrogen) atoms. The Morgan fingerprint density at radius 2 is 2.09 bits per heavy atom. The van der Waals surface area contributed by atoms with Crippen molar-refractivity contribution >= 4 is 6.47 Å². The summed E-state index contributed by atoms with van der Waals surface area (Å²) in [5.74, 6) is 0. The number of alkyl halides is 2. The molecule has 0 heterocycles. The molecule has 0 N–H and O–H groups in total. The maximum Gasteiger partial charge on any atom is 0.352 e. The predicted octanol–water partition coefficient (Wildman–Crippen LogP) is 1.18. The molecule has 0 bridgehead atoms. The van der Waals surface area contributed by atoms with Crippen molar-refractivity contribution in [1.82, 2.24) is 0 Å². The molecule has 0 fully saturated rings. The SMILES string of the molecule is CC(F)(F)OCCCOC=O. The molecule has 0 aliphatic heterocycles. The van der Waals surface area contributed by atoms with Gasteiger partial charge in [-0.05, 0) is 0 Å². The maximum absolute atomic E-state index is 11.9. The first kappa shape index (κ1) is 10.3. The summed E-state index contributed by atoms with van der Waals surface area (Å²) >= 11 is 0. The third-order valence-electron chi connectivity index (χ3n) is 0.830. The fraction of sp³-hybridized carbons (Fsp3) is 0.833. The Bertz CT molecular complexity index is 111. The first-order valence-electron chi connectivity index (χ1n) is 3.13. The van der Waals surface area contributed by atoms with E-state index in [1.54, 1.807) is 0 Å². The molecule has 0 aromatic rings. The van der Waals surface area contributed by atoms with E-state index < -0.39 is 6.11 Å². The second kappa shape index (κ2) is 5.01. The third kappa shape index (κ3) is 9.29. The minimum absolute atomic E-state index is 0.111. The standard InChI is InChI=1S/C6H10F2O3/c1-6(7,8)11-4-2-3-10-5-9/h5H,2-4H2,1H3. The molecule has 66 valence electrons. The molecule has 0 saturated heterocycles. The van der Waals surface area contributed by atoms with Crippen LogP contribution >= 0.6 is 0 Å². The van der Waals surface area contributed by atoms with Crippen molar-refractivity contribution in [3.8, 4) is 0 Å². The van der Waals surface area contributed by atoms with Crippen molar-refractivity contribution in [2.75, 3.05) is 13.2 Å². The van der Waals surface area contributed by atoms with E-state index in [-0.39, 0.29) is 26.1 Å². The van der Waals surface area contributed by atoms with Gasteiger partial charge >= 0.3 is 6.11 Å². The van der Waals surface area contributed by atoms with Crippen LogP contribution in [-0.2, 0) is 14.3 Å². The van der Waals surface area contributed by atoms with Crippen molar-refractivity contribution in [1.29, 1.82) is 0 Å². The van der Waals surface area contributed by atoms with Crippen molar-refractivity contribution < 1.29 is 23.0 Å². The minimum atomic E-state index is -3.10. The van der Waals surface area contributed by atoms with E-state index in [1.807, 2.05) is 0 Å².